The van der Waals surface area contributed by atoms with Gasteiger partial charge in [-0.3, -0.25) is 0 Å². The lowest BCUT2D eigenvalue weighted by Crippen LogP contribution is -2.09. The van der Waals surface area contributed by atoms with E-state index in [0.717, 1.165) is 18.1 Å². The molecule has 0 N–H and O–H groups in total. The van der Waals surface area contributed by atoms with E-state index in [1.807, 2.05) is 30.3 Å². The van der Waals surface area contributed by atoms with E-state index in [2.05, 4.69) is 31.0 Å². The van der Waals surface area contributed by atoms with E-state index in [1.54, 1.807) is 6.20 Å². The monoisotopic (exact) mass is 299 g/mol. The Morgan fingerprint density at radius 2 is 1.64 bits per heavy atom. The van der Waals surface area contributed by atoms with Gasteiger partial charge in [-0.1, -0.05) is 44.9 Å². The van der Waals surface area contributed by atoms with E-state index in [-0.39, 0.29) is 0 Å². The van der Waals surface area contributed by atoms with Crippen LogP contribution in [0, 0.1) is 5.92 Å². The second-order valence-electron chi connectivity index (χ2n) is 5.40. The molecule has 0 bridgehead atoms. The van der Waals surface area contributed by atoms with E-state index in [4.69, 9.17) is 9.47 Å². The average molecular weight is 299 g/mol. The molecule has 0 fully saturated rings. The Balaban J connectivity index is 1.72. The van der Waals surface area contributed by atoms with Gasteiger partial charge in [-0.15, -0.1) is 0 Å². The van der Waals surface area contributed by atoms with Gasteiger partial charge in [0.25, 0.3) is 0 Å². The number of aromatic nitrogens is 1. The van der Waals surface area contributed by atoms with Gasteiger partial charge >= 0.3 is 0 Å². The maximum absolute atomic E-state index is 5.69. The molecule has 0 spiro atoms. The quantitative estimate of drug-likeness (QED) is 0.638. The smallest absolute Gasteiger partial charge is 0.213 e. The summed E-state index contributed by atoms with van der Waals surface area (Å²) in [5, 5.41) is 0. The average Bonchev–Trinajstić information content (AvgIpc) is 2.58. The summed E-state index contributed by atoms with van der Waals surface area (Å²) in [4.78, 5) is 4.10. The third-order valence-electron chi connectivity index (χ3n) is 3.84. The second-order valence-corrected chi connectivity index (χ2v) is 5.40. The molecule has 2 aromatic rings. The van der Waals surface area contributed by atoms with Gasteiger partial charge in [-0.25, -0.2) is 4.98 Å². The fraction of sp³-hybridized carbons (Fsp3) is 0.421. The highest BCUT2D eigenvalue weighted by Crippen LogP contribution is 2.18. The molecule has 1 aromatic carbocycles. The van der Waals surface area contributed by atoms with Crippen LogP contribution in [0.4, 0.5) is 0 Å². The number of rotatable bonds is 9. The van der Waals surface area contributed by atoms with Gasteiger partial charge < -0.3 is 9.47 Å². The molecule has 3 heteroatoms. The largest absolute Gasteiger partial charge is 0.490 e. The van der Waals surface area contributed by atoms with Gasteiger partial charge in [-0.2, -0.15) is 0 Å². The van der Waals surface area contributed by atoms with Gasteiger partial charge in [0.1, 0.15) is 19.0 Å². The van der Waals surface area contributed by atoms with Crippen molar-refractivity contribution in [1.29, 1.82) is 0 Å². The van der Waals surface area contributed by atoms with Gasteiger partial charge in [0, 0.05) is 12.3 Å². The van der Waals surface area contributed by atoms with E-state index >= 15 is 0 Å². The molecule has 0 saturated heterocycles. The Kier molecular flexibility index (Phi) is 6.75. The highest BCUT2D eigenvalue weighted by molar-refractivity contribution is 5.27. The maximum Gasteiger partial charge on any atom is 0.213 e. The lowest BCUT2D eigenvalue weighted by Gasteiger charge is -2.12. The minimum atomic E-state index is 0.493. The summed E-state index contributed by atoms with van der Waals surface area (Å²) < 4.78 is 11.2. The van der Waals surface area contributed by atoms with E-state index in [9.17, 15) is 0 Å². The summed E-state index contributed by atoms with van der Waals surface area (Å²) in [5.41, 5.74) is 1.38. The Morgan fingerprint density at radius 3 is 2.27 bits per heavy atom. The fourth-order valence-electron chi connectivity index (χ4n) is 2.37. The molecular weight excluding hydrogens is 274 g/mol. The molecule has 1 aromatic heterocycles. The first-order valence-electron chi connectivity index (χ1n) is 8.07. The van der Waals surface area contributed by atoms with Crippen LogP contribution in [0.2, 0.25) is 0 Å². The summed E-state index contributed by atoms with van der Waals surface area (Å²) in [6.45, 7) is 5.52. The van der Waals surface area contributed by atoms with Crippen LogP contribution in [0.5, 0.6) is 11.6 Å². The number of benzene rings is 1. The van der Waals surface area contributed by atoms with Crippen LogP contribution in [-0.4, -0.2) is 18.2 Å². The molecule has 2 rings (SSSR count). The van der Waals surface area contributed by atoms with E-state index in [1.165, 1.54) is 18.4 Å². The Bertz CT molecular complexity index is 521. The molecule has 0 aliphatic rings. The number of ether oxygens (including phenoxy) is 2. The summed E-state index contributed by atoms with van der Waals surface area (Å²) in [6, 6.07) is 14.0. The molecule has 0 aliphatic carbocycles. The number of hydrogen-bond acceptors (Lipinski definition) is 3. The van der Waals surface area contributed by atoms with Crippen molar-refractivity contribution in [3.63, 3.8) is 0 Å². The van der Waals surface area contributed by atoms with Crippen LogP contribution < -0.4 is 9.47 Å². The third-order valence-corrected chi connectivity index (χ3v) is 3.84. The molecule has 1 heterocycles. The molecular formula is C19H25NO2. The number of nitrogens with zero attached hydrogens (tertiary/aromatic N) is 1. The third kappa shape index (κ3) is 5.40. The van der Waals surface area contributed by atoms with Crippen LogP contribution in [0.3, 0.4) is 0 Å². The molecule has 0 amide bonds. The summed E-state index contributed by atoms with van der Waals surface area (Å²) in [6.07, 6.45) is 5.34. The molecule has 0 radical (unpaired) electrons. The standard InChI is InChI=1S/C19H25NO2/c1-3-16(4-2)15-17-8-10-18(11-9-17)21-13-14-22-19-7-5-6-12-20-19/h5-12,16H,3-4,13-15H2,1-2H3. The summed E-state index contributed by atoms with van der Waals surface area (Å²) in [5.74, 6) is 2.29. The van der Waals surface area contributed by atoms with Gasteiger partial charge in [0.2, 0.25) is 5.88 Å². The molecule has 22 heavy (non-hydrogen) atoms. The minimum absolute atomic E-state index is 0.493. The highest BCUT2D eigenvalue weighted by Gasteiger charge is 2.05. The Hall–Kier alpha value is -2.03. The van der Waals surface area contributed by atoms with Gasteiger partial charge in [0.05, 0.1) is 0 Å². The summed E-state index contributed by atoms with van der Waals surface area (Å²) in [7, 11) is 0. The predicted octanol–water partition coefficient (Wildman–Crippen LogP) is 4.52. The lowest BCUT2D eigenvalue weighted by atomic mass is 9.95. The highest BCUT2D eigenvalue weighted by atomic mass is 16.5. The minimum Gasteiger partial charge on any atom is -0.490 e. The summed E-state index contributed by atoms with van der Waals surface area (Å²) >= 11 is 0. The van der Waals surface area contributed by atoms with Crippen LogP contribution in [0.15, 0.2) is 48.7 Å². The van der Waals surface area contributed by atoms with Crippen molar-refractivity contribution < 1.29 is 9.47 Å². The lowest BCUT2D eigenvalue weighted by molar-refractivity contribution is 0.212. The molecule has 3 nitrogen and oxygen atoms in total. The zero-order chi connectivity index (χ0) is 15.6. The first-order chi connectivity index (χ1) is 10.8. The molecule has 0 unspecified atom stereocenters. The Morgan fingerprint density at radius 1 is 0.909 bits per heavy atom. The normalized spacial score (nSPS) is 10.7. The second kappa shape index (κ2) is 9.08. The number of pyridine rings is 1. The SMILES string of the molecule is CCC(CC)Cc1ccc(OCCOc2ccccn2)cc1. The van der Waals surface area contributed by atoms with Crippen LogP contribution in [0.1, 0.15) is 32.3 Å². The van der Waals surface area contributed by atoms with Gasteiger partial charge in [-0.05, 0) is 36.1 Å². The first-order valence-corrected chi connectivity index (χ1v) is 8.07. The predicted molar refractivity (Wildman–Crippen MR) is 89.4 cm³/mol. The Labute approximate surface area is 133 Å². The van der Waals surface area contributed by atoms with Crippen molar-refractivity contribution in [2.75, 3.05) is 13.2 Å². The van der Waals surface area contributed by atoms with Crippen molar-refractivity contribution in [3.05, 3.63) is 54.2 Å². The molecule has 0 saturated carbocycles. The topological polar surface area (TPSA) is 31.4 Å². The molecule has 0 atom stereocenters. The van der Waals surface area contributed by atoms with Crippen molar-refractivity contribution in [2.24, 2.45) is 5.92 Å². The number of hydrogen-bond donors (Lipinski definition) is 0. The molecule has 118 valence electrons. The van der Waals surface area contributed by atoms with Crippen molar-refractivity contribution in [2.45, 2.75) is 33.1 Å². The maximum atomic E-state index is 5.69. The van der Waals surface area contributed by atoms with Crippen LogP contribution >= 0.6 is 0 Å². The van der Waals surface area contributed by atoms with Crippen LogP contribution in [-0.2, 0) is 6.42 Å². The zero-order valence-corrected chi connectivity index (χ0v) is 13.5. The van der Waals surface area contributed by atoms with Crippen molar-refractivity contribution >= 4 is 0 Å². The fourth-order valence-corrected chi connectivity index (χ4v) is 2.37. The zero-order valence-electron chi connectivity index (χ0n) is 13.5. The van der Waals surface area contributed by atoms with Crippen molar-refractivity contribution in [3.8, 4) is 11.6 Å². The van der Waals surface area contributed by atoms with Crippen LogP contribution in [0.25, 0.3) is 0 Å². The van der Waals surface area contributed by atoms with E-state index < -0.39 is 0 Å². The van der Waals surface area contributed by atoms with Crippen molar-refractivity contribution in [1.82, 2.24) is 4.98 Å². The first kappa shape index (κ1) is 16.3. The molecule has 0 aliphatic heterocycles. The van der Waals surface area contributed by atoms with Gasteiger partial charge in [0.15, 0.2) is 0 Å². The van der Waals surface area contributed by atoms with E-state index in [0.29, 0.717) is 19.1 Å².